The standard InChI is InChI=1S/C11H18O3/c1-11(2,3)14-10(12)9-7-4-5-8(6-7)13-9/h7-9H,4-6H2,1-3H3. The molecule has 1 saturated carbocycles. The zero-order valence-electron chi connectivity index (χ0n) is 9.08. The Bertz CT molecular complexity index is 241. The highest BCUT2D eigenvalue weighted by atomic mass is 16.6. The third-order valence-corrected chi connectivity index (χ3v) is 2.83. The molecule has 2 rings (SSSR count). The Balaban J connectivity index is 1.93. The van der Waals surface area contributed by atoms with Crippen LogP contribution in [-0.4, -0.2) is 23.8 Å². The highest BCUT2D eigenvalue weighted by molar-refractivity contribution is 5.76. The molecule has 0 spiro atoms. The van der Waals surface area contributed by atoms with Crippen molar-refractivity contribution in [3.8, 4) is 0 Å². The molecule has 2 bridgehead atoms. The van der Waals surface area contributed by atoms with Gasteiger partial charge in [-0.15, -0.1) is 0 Å². The van der Waals surface area contributed by atoms with Crippen LogP contribution in [-0.2, 0) is 14.3 Å². The maximum Gasteiger partial charge on any atom is 0.336 e. The van der Waals surface area contributed by atoms with Crippen molar-refractivity contribution in [3.05, 3.63) is 0 Å². The number of hydrogen-bond acceptors (Lipinski definition) is 3. The van der Waals surface area contributed by atoms with E-state index < -0.39 is 5.60 Å². The van der Waals surface area contributed by atoms with Gasteiger partial charge in [-0.25, -0.2) is 4.79 Å². The van der Waals surface area contributed by atoms with Crippen molar-refractivity contribution in [2.75, 3.05) is 0 Å². The first-order valence-electron chi connectivity index (χ1n) is 5.34. The van der Waals surface area contributed by atoms with E-state index in [0.717, 1.165) is 19.3 Å². The monoisotopic (exact) mass is 198 g/mol. The molecule has 3 unspecified atom stereocenters. The van der Waals surface area contributed by atoms with E-state index in [1.165, 1.54) is 0 Å². The van der Waals surface area contributed by atoms with Crippen LogP contribution in [0.3, 0.4) is 0 Å². The van der Waals surface area contributed by atoms with Crippen molar-refractivity contribution in [2.24, 2.45) is 5.92 Å². The van der Waals surface area contributed by atoms with Crippen molar-refractivity contribution in [1.82, 2.24) is 0 Å². The SMILES string of the molecule is CC(C)(C)OC(=O)C1OC2CCC1C2. The van der Waals surface area contributed by atoms with E-state index in [-0.39, 0.29) is 12.1 Å². The van der Waals surface area contributed by atoms with Gasteiger partial charge in [0.15, 0.2) is 6.10 Å². The van der Waals surface area contributed by atoms with Gasteiger partial charge in [-0.3, -0.25) is 0 Å². The molecule has 1 aliphatic carbocycles. The second-order valence-corrected chi connectivity index (χ2v) is 5.29. The number of esters is 1. The predicted molar refractivity (Wildman–Crippen MR) is 51.8 cm³/mol. The highest BCUT2D eigenvalue weighted by Gasteiger charge is 2.45. The summed E-state index contributed by atoms with van der Waals surface area (Å²) >= 11 is 0. The maximum absolute atomic E-state index is 11.7. The molecule has 1 saturated heterocycles. The van der Waals surface area contributed by atoms with Crippen molar-refractivity contribution < 1.29 is 14.3 Å². The second-order valence-electron chi connectivity index (χ2n) is 5.29. The molecular formula is C11H18O3. The van der Waals surface area contributed by atoms with Gasteiger partial charge >= 0.3 is 5.97 Å². The largest absolute Gasteiger partial charge is 0.458 e. The van der Waals surface area contributed by atoms with Gasteiger partial charge in [0.05, 0.1) is 6.10 Å². The maximum atomic E-state index is 11.7. The number of hydrogen-bond donors (Lipinski definition) is 0. The fourth-order valence-corrected chi connectivity index (χ4v) is 2.30. The minimum absolute atomic E-state index is 0.176. The summed E-state index contributed by atoms with van der Waals surface area (Å²) < 4.78 is 10.9. The molecule has 0 aromatic heterocycles. The molecule has 2 aliphatic rings. The van der Waals surface area contributed by atoms with E-state index in [9.17, 15) is 4.79 Å². The molecule has 3 atom stereocenters. The topological polar surface area (TPSA) is 35.5 Å². The molecule has 3 nitrogen and oxygen atoms in total. The minimum Gasteiger partial charge on any atom is -0.458 e. The fraction of sp³-hybridized carbons (Fsp3) is 0.909. The van der Waals surface area contributed by atoms with Crippen LogP contribution in [0.25, 0.3) is 0 Å². The average Bonchev–Trinajstić information content (AvgIpc) is 2.59. The first-order valence-corrected chi connectivity index (χ1v) is 5.34. The van der Waals surface area contributed by atoms with Crippen LogP contribution in [0.2, 0.25) is 0 Å². The van der Waals surface area contributed by atoms with E-state index in [2.05, 4.69) is 0 Å². The van der Waals surface area contributed by atoms with Crippen molar-refractivity contribution in [2.45, 2.75) is 57.8 Å². The van der Waals surface area contributed by atoms with Gasteiger partial charge in [0, 0.05) is 0 Å². The van der Waals surface area contributed by atoms with Gasteiger partial charge in [0.25, 0.3) is 0 Å². The lowest BCUT2D eigenvalue weighted by molar-refractivity contribution is -0.171. The summed E-state index contributed by atoms with van der Waals surface area (Å²) in [4.78, 5) is 11.7. The smallest absolute Gasteiger partial charge is 0.336 e. The zero-order chi connectivity index (χ0) is 10.3. The van der Waals surface area contributed by atoms with Crippen molar-refractivity contribution in [1.29, 1.82) is 0 Å². The first kappa shape index (κ1) is 9.97. The lowest BCUT2D eigenvalue weighted by atomic mass is 10.0. The summed E-state index contributed by atoms with van der Waals surface area (Å²) in [5.74, 6) is 0.236. The Morgan fingerprint density at radius 1 is 1.36 bits per heavy atom. The van der Waals surface area contributed by atoms with E-state index >= 15 is 0 Å². The molecule has 2 fully saturated rings. The number of carbonyl (C=O) groups is 1. The molecule has 0 aromatic rings. The molecule has 0 N–H and O–H groups in total. The predicted octanol–water partition coefficient (Wildman–Crippen LogP) is 1.90. The van der Waals surface area contributed by atoms with Crippen molar-refractivity contribution >= 4 is 5.97 Å². The third-order valence-electron chi connectivity index (χ3n) is 2.83. The lowest BCUT2D eigenvalue weighted by Crippen LogP contribution is -2.36. The highest BCUT2D eigenvalue weighted by Crippen LogP contribution is 2.40. The van der Waals surface area contributed by atoms with Gasteiger partial charge in [-0.2, -0.15) is 0 Å². The second kappa shape index (κ2) is 3.23. The molecule has 0 amide bonds. The molecule has 80 valence electrons. The summed E-state index contributed by atoms with van der Waals surface area (Å²) in [7, 11) is 0. The summed E-state index contributed by atoms with van der Waals surface area (Å²) in [5.41, 5.74) is -0.401. The summed E-state index contributed by atoms with van der Waals surface area (Å²) in [6.45, 7) is 5.66. The van der Waals surface area contributed by atoms with Crippen LogP contribution in [0, 0.1) is 5.92 Å². The minimum atomic E-state index is -0.401. The van der Waals surface area contributed by atoms with Gasteiger partial charge < -0.3 is 9.47 Å². The fourth-order valence-electron chi connectivity index (χ4n) is 2.30. The van der Waals surface area contributed by atoms with Crippen LogP contribution in [0.1, 0.15) is 40.0 Å². The molecule has 14 heavy (non-hydrogen) atoms. The molecule has 1 aliphatic heterocycles. The van der Waals surface area contributed by atoms with E-state index in [4.69, 9.17) is 9.47 Å². The number of ether oxygens (including phenoxy) is 2. The Labute approximate surface area is 84.8 Å². The molecule has 3 heteroatoms. The number of rotatable bonds is 1. The molecule has 0 aromatic carbocycles. The van der Waals surface area contributed by atoms with Crippen LogP contribution in [0.15, 0.2) is 0 Å². The Morgan fingerprint density at radius 2 is 2.07 bits per heavy atom. The first-order chi connectivity index (χ1) is 6.46. The van der Waals surface area contributed by atoms with Crippen LogP contribution in [0.5, 0.6) is 0 Å². The van der Waals surface area contributed by atoms with Crippen LogP contribution >= 0.6 is 0 Å². The number of carbonyl (C=O) groups excluding carboxylic acids is 1. The summed E-state index contributed by atoms with van der Waals surface area (Å²) in [6.07, 6.45) is 3.31. The summed E-state index contributed by atoms with van der Waals surface area (Å²) in [5, 5.41) is 0. The van der Waals surface area contributed by atoms with E-state index in [1.54, 1.807) is 0 Å². The lowest BCUT2D eigenvalue weighted by Gasteiger charge is -2.26. The summed E-state index contributed by atoms with van der Waals surface area (Å²) in [6, 6.07) is 0. The Morgan fingerprint density at radius 3 is 2.50 bits per heavy atom. The van der Waals surface area contributed by atoms with Gasteiger partial charge in [0.1, 0.15) is 5.60 Å². The van der Waals surface area contributed by atoms with E-state index in [1.807, 2.05) is 20.8 Å². The van der Waals surface area contributed by atoms with Crippen molar-refractivity contribution in [3.63, 3.8) is 0 Å². The Kier molecular flexibility index (Phi) is 2.30. The molecular weight excluding hydrogens is 180 g/mol. The van der Waals surface area contributed by atoms with Gasteiger partial charge in [0.2, 0.25) is 0 Å². The zero-order valence-corrected chi connectivity index (χ0v) is 9.08. The van der Waals surface area contributed by atoms with Gasteiger partial charge in [-0.1, -0.05) is 0 Å². The molecule has 0 radical (unpaired) electrons. The third kappa shape index (κ3) is 1.92. The normalized spacial score (nSPS) is 36.1. The van der Waals surface area contributed by atoms with Gasteiger partial charge in [-0.05, 0) is 46.0 Å². The average molecular weight is 198 g/mol. The number of fused-ring (bicyclic) bond motifs is 2. The molecule has 1 heterocycles. The quantitative estimate of drug-likeness (QED) is 0.604. The van der Waals surface area contributed by atoms with E-state index in [0.29, 0.717) is 12.0 Å². The van der Waals surface area contributed by atoms with Crippen LogP contribution < -0.4 is 0 Å². The van der Waals surface area contributed by atoms with Crippen LogP contribution in [0.4, 0.5) is 0 Å². The Hall–Kier alpha value is -0.570.